The third-order valence-electron chi connectivity index (χ3n) is 3.56. The van der Waals surface area contributed by atoms with Crippen molar-refractivity contribution >= 4 is 34.8 Å². The van der Waals surface area contributed by atoms with Crippen molar-refractivity contribution in [2.45, 2.75) is 26.7 Å². The molecule has 0 atom stereocenters. The van der Waals surface area contributed by atoms with Gasteiger partial charge in [-0.15, -0.1) is 0 Å². The van der Waals surface area contributed by atoms with Gasteiger partial charge in [-0.05, 0) is 37.1 Å². The summed E-state index contributed by atoms with van der Waals surface area (Å²) in [5.74, 6) is -0.601. The molecular weight excluding hydrogens is 338 g/mol. The predicted octanol–water partition coefficient (Wildman–Crippen LogP) is 4.04. The Labute approximate surface area is 152 Å². The van der Waals surface area contributed by atoms with Crippen LogP contribution in [0.25, 0.3) is 0 Å². The van der Waals surface area contributed by atoms with E-state index in [1.807, 2.05) is 31.2 Å². The van der Waals surface area contributed by atoms with Gasteiger partial charge in [0.15, 0.2) is 0 Å². The number of rotatable bonds is 6. The molecule has 0 aliphatic rings. The van der Waals surface area contributed by atoms with Gasteiger partial charge in [0.25, 0.3) is 5.91 Å². The van der Waals surface area contributed by atoms with Gasteiger partial charge in [-0.2, -0.15) is 5.10 Å². The van der Waals surface area contributed by atoms with Crippen molar-refractivity contribution in [1.82, 2.24) is 5.43 Å². The minimum atomic E-state index is -0.415. The lowest BCUT2D eigenvalue weighted by molar-refractivity contribution is -0.115. The molecule has 0 aliphatic carbocycles. The topological polar surface area (TPSA) is 70.6 Å². The average Bonchev–Trinajstić information content (AvgIpc) is 2.60. The molecule has 5 nitrogen and oxygen atoms in total. The first-order valence-electron chi connectivity index (χ1n) is 7.97. The van der Waals surface area contributed by atoms with Crippen LogP contribution in [0.5, 0.6) is 0 Å². The zero-order valence-corrected chi connectivity index (χ0v) is 14.9. The lowest BCUT2D eigenvalue weighted by atomic mass is 10.1. The van der Waals surface area contributed by atoms with Gasteiger partial charge in [-0.1, -0.05) is 48.9 Å². The van der Waals surface area contributed by atoms with E-state index >= 15 is 0 Å². The molecule has 2 amide bonds. The maximum atomic E-state index is 12.1. The summed E-state index contributed by atoms with van der Waals surface area (Å²) < 4.78 is 0. The van der Waals surface area contributed by atoms with Crippen LogP contribution in [0.2, 0.25) is 5.02 Å². The summed E-state index contributed by atoms with van der Waals surface area (Å²) in [6, 6.07) is 14.3. The average molecular weight is 358 g/mol. The van der Waals surface area contributed by atoms with Gasteiger partial charge >= 0.3 is 0 Å². The number of hydrogen-bond donors (Lipinski definition) is 2. The monoisotopic (exact) mass is 357 g/mol. The summed E-state index contributed by atoms with van der Waals surface area (Å²) in [7, 11) is 0. The van der Waals surface area contributed by atoms with Crippen LogP contribution in [0.3, 0.4) is 0 Å². The Bertz CT molecular complexity index is 803. The standard InChI is InChI=1S/C19H20ClN3O2/c1-3-14-8-4-7-11-17(14)21-18(24)12-13(2)22-23-19(25)15-9-5-6-10-16(15)20/h4-11H,3,12H2,1-2H3,(H,21,24)(H,23,25)/b22-13+. The number of carbonyl (C=O) groups excluding carboxylic acids is 2. The highest BCUT2D eigenvalue weighted by atomic mass is 35.5. The quantitative estimate of drug-likeness (QED) is 0.605. The van der Waals surface area contributed by atoms with E-state index in [1.54, 1.807) is 31.2 Å². The van der Waals surface area contributed by atoms with Crippen LogP contribution in [-0.4, -0.2) is 17.5 Å². The predicted molar refractivity (Wildman–Crippen MR) is 101 cm³/mol. The van der Waals surface area contributed by atoms with Crippen LogP contribution >= 0.6 is 11.6 Å². The number of para-hydroxylation sites is 1. The number of aryl methyl sites for hydroxylation is 1. The highest BCUT2D eigenvalue weighted by Crippen LogP contribution is 2.16. The zero-order chi connectivity index (χ0) is 18.2. The first-order chi connectivity index (χ1) is 12.0. The first-order valence-corrected chi connectivity index (χ1v) is 8.34. The van der Waals surface area contributed by atoms with Gasteiger partial charge < -0.3 is 5.32 Å². The number of nitrogens with zero attached hydrogens (tertiary/aromatic N) is 1. The second-order valence-corrected chi connectivity index (χ2v) is 5.91. The first kappa shape index (κ1) is 18.7. The van der Waals surface area contributed by atoms with E-state index in [-0.39, 0.29) is 12.3 Å². The summed E-state index contributed by atoms with van der Waals surface area (Å²) in [4.78, 5) is 24.2. The van der Waals surface area contributed by atoms with Crippen molar-refractivity contribution in [2.24, 2.45) is 5.10 Å². The Morgan fingerprint density at radius 1 is 1.08 bits per heavy atom. The maximum absolute atomic E-state index is 12.1. The number of benzene rings is 2. The summed E-state index contributed by atoms with van der Waals surface area (Å²) in [6.45, 7) is 3.71. The van der Waals surface area contributed by atoms with Crippen molar-refractivity contribution < 1.29 is 9.59 Å². The number of amides is 2. The normalized spacial score (nSPS) is 11.1. The lowest BCUT2D eigenvalue weighted by Gasteiger charge is -2.09. The Balaban J connectivity index is 1.93. The molecule has 6 heteroatoms. The Morgan fingerprint density at radius 3 is 2.48 bits per heavy atom. The molecule has 0 saturated heterocycles. The molecule has 25 heavy (non-hydrogen) atoms. The molecule has 0 heterocycles. The van der Waals surface area contributed by atoms with E-state index in [1.165, 1.54) is 0 Å². The highest BCUT2D eigenvalue weighted by molar-refractivity contribution is 6.33. The van der Waals surface area contributed by atoms with Crippen LogP contribution < -0.4 is 10.7 Å². The minimum absolute atomic E-state index is 0.0842. The summed E-state index contributed by atoms with van der Waals surface area (Å²) in [5, 5.41) is 7.18. The van der Waals surface area contributed by atoms with Gasteiger partial charge in [0.05, 0.1) is 17.0 Å². The van der Waals surface area contributed by atoms with Crippen LogP contribution in [0.4, 0.5) is 5.69 Å². The SMILES string of the molecule is CCc1ccccc1NC(=O)C/C(C)=N/NC(=O)c1ccccc1Cl. The fourth-order valence-corrected chi connectivity index (χ4v) is 2.49. The number of carbonyl (C=O) groups is 2. The van der Waals surface area contributed by atoms with Crippen molar-refractivity contribution in [3.63, 3.8) is 0 Å². The van der Waals surface area contributed by atoms with E-state index in [9.17, 15) is 9.59 Å². The lowest BCUT2D eigenvalue weighted by Crippen LogP contribution is -2.22. The van der Waals surface area contributed by atoms with Gasteiger partial charge in [0.2, 0.25) is 5.91 Å². The van der Waals surface area contributed by atoms with Crippen molar-refractivity contribution in [2.75, 3.05) is 5.32 Å². The van der Waals surface area contributed by atoms with Crippen LogP contribution in [0, 0.1) is 0 Å². The molecule has 0 aliphatic heterocycles. The molecule has 0 fully saturated rings. The van der Waals surface area contributed by atoms with Crippen LogP contribution in [-0.2, 0) is 11.2 Å². The van der Waals surface area contributed by atoms with E-state index in [4.69, 9.17) is 11.6 Å². The third-order valence-corrected chi connectivity index (χ3v) is 3.89. The number of hydrogen-bond acceptors (Lipinski definition) is 3. The molecule has 0 spiro atoms. The molecule has 0 saturated carbocycles. The molecule has 2 aromatic rings. The number of anilines is 1. The minimum Gasteiger partial charge on any atom is -0.326 e. The fourth-order valence-electron chi connectivity index (χ4n) is 2.27. The van der Waals surface area contributed by atoms with Crippen LogP contribution in [0.15, 0.2) is 53.6 Å². The number of nitrogens with one attached hydrogen (secondary N) is 2. The molecular formula is C19H20ClN3O2. The largest absolute Gasteiger partial charge is 0.326 e. The zero-order valence-electron chi connectivity index (χ0n) is 14.2. The molecule has 2 aromatic carbocycles. The second kappa shape index (κ2) is 8.99. The van der Waals surface area contributed by atoms with Crippen molar-refractivity contribution in [3.8, 4) is 0 Å². The van der Waals surface area contributed by atoms with Crippen molar-refractivity contribution in [3.05, 3.63) is 64.7 Å². The van der Waals surface area contributed by atoms with Gasteiger partial charge in [-0.25, -0.2) is 5.43 Å². The summed E-state index contributed by atoms with van der Waals surface area (Å²) in [5.41, 5.74) is 5.11. The van der Waals surface area contributed by atoms with Gasteiger partial charge in [-0.3, -0.25) is 9.59 Å². The highest BCUT2D eigenvalue weighted by Gasteiger charge is 2.10. The molecule has 0 aromatic heterocycles. The van der Waals surface area contributed by atoms with Crippen LogP contribution in [0.1, 0.15) is 36.2 Å². The maximum Gasteiger partial charge on any atom is 0.272 e. The number of hydrazone groups is 1. The number of halogens is 1. The van der Waals surface area contributed by atoms with Gasteiger partial charge in [0.1, 0.15) is 0 Å². The summed E-state index contributed by atoms with van der Waals surface area (Å²) >= 11 is 5.96. The van der Waals surface area contributed by atoms with Gasteiger partial charge in [0, 0.05) is 11.4 Å². The Kier molecular flexibility index (Phi) is 6.71. The van der Waals surface area contributed by atoms with E-state index < -0.39 is 5.91 Å². The molecule has 0 unspecified atom stereocenters. The summed E-state index contributed by atoms with van der Waals surface area (Å²) in [6.07, 6.45) is 0.915. The Hall–Kier alpha value is -2.66. The molecule has 2 N–H and O–H groups in total. The smallest absolute Gasteiger partial charge is 0.272 e. The fraction of sp³-hybridized carbons (Fsp3) is 0.211. The molecule has 0 bridgehead atoms. The van der Waals surface area contributed by atoms with E-state index in [0.29, 0.717) is 16.3 Å². The molecule has 0 radical (unpaired) electrons. The molecule has 2 rings (SSSR count). The molecule has 130 valence electrons. The van der Waals surface area contributed by atoms with Crippen molar-refractivity contribution in [1.29, 1.82) is 0 Å². The Morgan fingerprint density at radius 2 is 1.76 bits per heavy atom. The second-order valence-electron chi connectivity index (χ2n) is 5.50. The third kappa shape index (κ3) is 5.43. The van der Waals surface area contributed by atoms with E-state index in [2.05, 4.69) is 15.8 Å². The van der Waals surface area contributed by atoms with E-state index in [0.717, 1.165) is 17.7 Å².